The molecule has 0 radical (unpaired) electrons. The lowest BCUT2D eigenvalue weighted by molar-refractivity contribution is 0.0825. The molecule has 1 aliphatic heterocycles. The molecule has 0 saturated carbocycles. The third kappa shape index (κ3) is 3.47. The number of phenols is 1. The second-order valence-electron chi connectivity index (χ2n) is 7.09. The molecule has 138 valence electrons. The molecule has 0 atom stereocenters. The maximum Gasteiger partial charge on any atom is 0.171 e. The monoisotopic (exact) mass is 356 g/mol. The Balaban J connectivity index is 1.95. The first-order chi connectivity index (χ1) is 12.3. The van der Waals surface area contributed by atoms with E-state index in [0.29, 0.717) is 23.3 Å². The van der Waals surface area contributed by atoms with Gasteiger partial charge in [-0.05, 0) is 50.5 Å². The summed E-state index contributed by atoms with van der Waals surface area (Å²) >= 11 is 0. The number of carbonyl (C=O) groups excluding carboxylic acids is 1. The van der Waals surface area contributed by atoms with Crippen LogP contribution in [-0.2, 0) is 12.8 Å². The second kappa shape index (κ2) is 6.90. The smallest absolute Gasteiger partial charge is 0.171 e. The molecule has 2 aromatic rings. The molecule has 1 N–H and O–H groups in total. The lowest BCUT2D eigenvalue weighted by Crippen LogP contribution is -2.32. The number of benzene rings is 2. The number of carbonyl (C=O) groups is 1. The van der Waals surface area contributed by atoms with Crippen LogP contribution in [0, 0.1) is 0 Å². The molecule has 0 aliphatic carbocycles. The topological polar surface area (TPSA) is 65.0 Å². The molecule has 0 bridgehead atoms. The zero-order valence-corrected chi connectivity index (χ0v) is 15.6. The quantitative estimate of drug-likeness (QED) is 0.822. The van der Waals surface area contributed by atoms with Gasteiger partial charge in [-0.15, -0.1) is 0 Å². The van der Waals surface area contributed by atoms with Crippen molar-refractivity contribution < 1.29 is 24.1 Å². The molecule has 2 aromatic carbocycles. The number of fused-ring (bicyclic) bond motifs is 1. The fourth-order valence-corrected chi connectivity index (χ4v) is 3.21. The summed E-state index contributed by atoms with van der Waals surface area (Å²) in [4.78, 5) is 12.9. The summed E-state index contributed by atoms with van der Waals surface area (Å²) in [5.41, 5.74) is 1.56. The van der Waals surface area contributed by atoms with Crippen molar-refractivity contribution in [1.82, 2.24) is 0 Å². The average molecular weight is 356 g/mol. The van der Waals surface area contributed by atoms with Crippen LogP contribution >= 0.6 is 0 Å². The normalized spacial score (nSPS) is 14.9. The van der Waals surface area contributed by atoms with E-state index in [9.17, 15) is 9.90 Å². The zero-order valence-electron chi connectivity index (χ0n) is 15.6. The number of hydrogen-bond acceptors (Lipinski definition) is 5. The number of rotatable bonds is 5. The van der Waals surface area contributed by atoms with Crippen LogP contribution in [0.15, 0.2) is 30.3 Å². The summed E-state index contributed by atoms with van der Waals surface area (Å²) in [6.45, 7) is 3.99. The average Bonchev–Trinajstić information content (AvgIpc) is 2.61. The second-order valence-corrected chi connectivity index (χ2v) is 7.09. The lowest BCUT2D eigenvalue weighted by atomic mass is 9.91. The van der Waals surface area contributed by atoms with E-state index in [1.165, 1.54) is 7.11 Å². The van der Waals surface area contributed by atoms with Crippen LogP contribution in [0.25, 0.3) is 0 Å². The fourth-order valence-electron chi connectivity index (χ4n) is 3.21. The summed E-state index contributed by atoms with van der Waals surface area (Å²) in [6.07, 6.45) is 1.66. The van der Waals surface area contributed by atoms with Crippen LogP contribution in [0.3, 0.4) is 0 Å². The molecule has 1 aliphatic rings. The molecule has 0 saturated heterocycles. The van der Waals surface area contributed by atoms with Crippen molar-refractivity contribution in [2.45, 2.75) is 38.7 Å². The van der Waals surface area contributed by atoms with E-state index >= 15 is 0 Å². The molecule has 26 heavy (non-hydrogen) atoms. The highest BCUT2D eigenvalue weighted by Gasteiger charge is 2.32. The predicted octanol–water partition coefficient (Wildman–Crippen LogP) is 3.94. The zero-order chi connectivity index (χ0) is 18.9. The largest absolute Gasteiger partial charge is 0.504 e. The van der Waals surface area contributed by atoms with E-state index in [-0.39, 0.29) is 29.3 Å². The van der Waals surface area contributed by atoms with E-state index in [4.69, 9.17) is 14.2 Å². The van der Waals surface area contributed by atoms with Gasteiger partial charge in [0.2, 0.25) is 0 Å². The highest BCUT2D eigenvalue weighted by molar-refractivity contribution is 6.01. The number of methoxy groups -OCH3 is 2. The molecule has 0 aromatic heterocycles. The summed E-state index contributed by atoms with van der Waals surface area (Å²) in [6, 6.07) is 9.02. The summed E-state index contributed by atoms with van der Waals surface area (Å²) in [5, 5.41) is 10.6. The number of aromatic hydroxyl groups is 1. The van der Waals surface area contributed by atoms with Gasteiger partial charge < -0.3 is 19.3 Å². The Morgan fingerprint density at radius 2 is 1.88 bits per heavy atom. The van der Waals surface area contributed by atoms with Crippen molar-refractivity contribution in [1.29, 1.82) is 0 Å². The molecule has 3 rings (SSSR count). The van der Waals surface area contributed by atoms with Crippen LogP contribution < -0.4 is 14.2 Å². The van der Waals surface area contributed by atoms with Crippen LogP contribution in [0.4, 0.5) is 0 Å². The number of hydrogen-bond donors (Lipinski definition) is 1. The first-order valence-electron chi connectivity index (χ1n) is 8.62. The van der Waals surface area contributed by atoms with Gasteiger partial charge in [-0.25, -0.2) is 0 Å². The third-order valence-corrected chi connectivity index (χ3v) is 4.71. The number of Topliss-reactive ketones (excluding diaryl/α,β-unsaturated/α-hetero) is 1. The Morgan fingerprint density at radius 1 is 1.19 bits per heavy atom. The highest BCUT2D eigenvalue weighted by Crippen LogP contribution is 2.45. The number of phenolic OH excluding ortho intramolecular Hbond substituents is 1. The Bertz CT molecular complexity index is 821. The standard InChI is InChI=1S/C21H24O5/c1-21(2)10-9-15-18(26-21)12-16(20(25-4)19(15)23)17(22)11-13-5-7-14(24-3)8-6-13/h5-8,12,23H,9-11H2,1-4H3. The molecular weight excluding hydrogens is 332 g/mol. The SMILES string of the molecule is COc1ccc(CC(=O)c2cc3c(c(O)c2OC)CCC(C)(C)O3)cc1. The van der Waals surface area contributed by atoms with Gasteiger partial charge in [0.05, 0.1) is 19.8 Å². The van der Waals surface area contributed by atoms with Crippen LogP contribution in [0.2, 0.25) is 0 Å². The summed E-state index contributed by atoms with van der Waals surface area (Å²) < 4.78 is 16.5. The molecule has 0 fully saturated rings. The Morgan fingerprint density at radius 3 is 2.50 bits per heavy atom. The molecule has 1 heterocycles. The molecule has 5 heteroatoms. The van der Waals surface area contributed by atoms with Gasteiger partial charge in [0.1, 0.15) is 17.1 Å². The predicted molar refractivity (Wildman–Crippen MR) is 98.7 cm³/mol. The van der Waals surface area contributed by atoms with E-state index in [2.05, 4.69) is 0 Å². The van der Waals surface area contributed by atoms with Crippen molar-refractivity contribution in [3.63, 3.8) is 0 Å². The van der Waals surface area contributed by atoms with Crippen molar-refractivity contribution in [2.24, 2.45) is 0 Å². The minimum atomic E-state index is -0.329. The highest BCUT2D eigenvalue weighted by atomic mass is 16.5. The van der Waals surface area contributed by atoms with E-state index in [0.717, 1.165) is 17.7 Å². The van der Waals surface area contributed by atoms with Crippen molar-refractivity contribution in [3.8, 4) is 23.0 Å². The molecule has 0 amide bonds. The minimum absolute atomic E-state index is 0.00131. The third-order valence-electron chi connectivity index (χ3n) is 4.71. The Kier molecular flexibility index (Phi) is 4.81. The maximum absolute atomic E-state index is 12.9. The minimum Gasteiger partial charge on any atom is -0.504 e. The van der Waals surface area contributed by atoms with Gasteiger partial charge in [-0.3, -0.25) is 4.79 Å². The first kappa shape index (κ1) is 18.1. The fraction of sp³-hybridized carbons (Fsp3) is 0.381. The Hall–Kier alpha value is -2.69. The van der Waals surface area contributed by atoms with Gasteiger partial charge in [0.25, 0.3) is 0 Å². The van der Waals surface area contributed by atoms with Crippen LogP contribution in [-0.4, -0.2) is 30.7 Å². The lowest BCUT2D eigenvalue weighted by Gasteiger charge is -2.33. The van der Waals surface area contributed by atoms with E-state index in [1.54, 1.807) is 13.2 Å². The molecule has 5 nitrogen and oxygen atoms in total. The van der Waals surface area contributed by atoms with Gasteiger partial charge in [0, 0.05) is 12.0 Å². The van der Waals surface area contributed by atoms with Gasteiger partial charge >= 0.3 is 0 Å². The number of ketones is 1. The van der Waals surface area contributed by atoms with Gasteiger partial charge in [-0.1, -0.05) is 12.1 Å². The van der Waals surface area contributed by atoms with Crippen LogP contribution in [0.1, 0.15) is 41.8 Å². The molecule has 0 unspecified atom stereocenters. The van der Waals surface area contributed by atoms with E-state index in [1.807, 2.05) is 38.1 Å². The molecular formula is C21H24O5. The van der Waals surface area contributed by atoms with Crippen molar-refractivity contribution >= 4 is 5.78 Å². The van der Waals surface area contributed by atoms with Crippen LogP contribution in [0.5, 0.6) is 23.0 Å². The number of ether oxygens (including phenoxy) is 3. The summed E-state index contributed by atoms with van der Waals surface area (Å²) in [7, 11) is 3.06. The first-order valence-corrected chi connectivity index (χ1v) is 8.62. The Labute approximate surface area is 153 Å². The summed E-state index contributed by atoms with van der Waals surface area (Å²) in [5.74, 6) is 1.36. The van der Waals surface area contributed by atoms with E-state index < -0.39 is 0 Å². The maximum atomic E-state index is 12.9. The van der Waals surface area contributed by atoms with Gasteiger partial charge in [0.15, 0.2) is 17.3 Å². The van der Waals surface area contributed by atoms with Gasteiger partial charge in [-0.2, -0.15) is 0 Å². The molecule has 0 spiro atoms. The van der Waals surface area contributed by atoms with Crippen molar-refractivity contribution in [2.75, 3.05) is 14.2 Å². The van der Waals surface area contributed by atoms with Crippen molar-refractivity contribution in [3.05, 3.63) is 47.0 Å².